The Labute approximate surface area is 148 Å². The second kappa shape index (κ2) is 7.77. The Balaban J connectivity index is 1.64. The van der Waals surface area contributed by atoms with Gasteiger partial charge in [0.2, 0.25) is 5.95 Å². The van der Waals surface area contributed by atoms with Gasteiger partial charge in [-0.3, -0.25) is 0 Å². The predicted octanol–water partition coefficient (Wildman–Crippen LogP) is 2.38. The van der Waals surface area contributed by atoms with E-state index in [1.54, 1.807) is 12.1 Å². The van der Waals surface area contributed by atoms with Gasteiger partial charge in [-0.05, 0) is 31.2 Å². The van der Waals surface area contributed by atoms with Crippen LogP contribution in [0.1, 0.15) is 12.1 Å². The van der Waals surface area contributed by atoms with Gasteiger partial charge in [-0.2, -0.15) is 4.39 Å². The molecule has 2 aromatic rings. The highest BCUT2D eigenvalue weighted by Gasteiger charge is 2.22. The maximum Gasteiger partial charge on any atom is 0.404 e. The van der Waals surface area contributed by atoms with Crippen LogP contribution in [-0.2, 0) is 4.84 Å². The minimum atomic E-state index is -1.12. The molecule has 136 valence electrons. The minimum absolute atomic E-state index is 0.115. The number of aryl methyl sites for hydroxylation is 1. The monoisotopic (exact) mass is 360 g/mol. The summed E-state index contributed by atoms with van der Waals surface area (Å²) in [6.07, 6.45) is 0.429. The maximum absolute atomic E-state index is 13.1. The number of ether oxygens (including phenoxy) is 1. The van der Waals surface area contributed by atoms with Crippen LogP contribution < -0.4 is 10.1 Å². The lowest BCUT2D eigenvalue weighted by Crippen LogP contribution is -2.28. The Morgan fingerprint density at radius 3 is 3.00 bits per heavy atom. The van der Waals surface area contributed by atoms with Crippen molar-refractivity contribution < 1.29 is 23.9 Å². The molecule has 0 fully saturated rings. The fourth-order valence-electron chi connectivity index (χ4n) is 2.42. The van der Waals surface area contributed by atoms with Gasteiger partial charge < -0.3 is 20.0 Å². The molecule has 3 rings (SSSR count). The number of rotatable bonds is 6. The minimum Gasteiger partial charge on any atom is -0.487 e. The molecule has 2 aromatic heterocycles. The Kier molecular flexibility index (Phi) is 5.26. The topological polar surface area (TPSA) is 106 Å². The van der Waals surface area contributed by atoms with Gasteiger partial charge in [0.05, 0.1) is 12.3 Å². The van der Waals surface area contributed by atoms with Gasteiger partial charge in [-0.15, -0.1) is 0 Å². The predicted molar refractivity (Wildman–Crippen MR) is 90.6 cm³/mol. The molecule has 0 aliphatic carbocycles. The normalized spacial score (nSPS) is 15.9. The number of carboxylic acid groups (broad SMARTS) is 1. The van der Waals surface area contributed by atoms with Gasteiger partial charge in [0, 0.05) is 23.9 Å². The van der Waals surface area contributed by atoms with E-state index in [1.165, 1.54) is 12.3 Å². The van der Waals surface area contributed by atoms with Crippen LogP contribution in [0.25, 0.3) is 11.3 Å². The van der Waals surface area contributed by atoms with E-state index >= 15 is 0 Å². The Bertz CT molecular complexity index is 826. The summed E-state index contributed by atoms with van der Waals surface area (Å²) >= 11 is 0. The summed E-state index contributed by atoms with van der Waals surface area (Å²) in [5.74, 6) is -0.0485. The molecule has 0 aromatic carbocycles. The van der Waals surface area contributed by atoms with E-state index in [-0.39, 0.29) is 19.3 Å². The van der Waals surface area contributed by atoms with E-state index in [4.69, 9.17) is 14.7 Å². The van der Waals surface area contributed by atoms with Crippen molar-refractivity contribution in [2.75, 3.05) is 13.2 Å². The summed E-state index contributed by atoms with van der Waals surface area (Å²) in [5.41, 5.74) is 2.59. The zero-order valence-electron chi connectivity index (χ0n) is 14.0. The molecule has 9 heteroatoms. The molecule has 1 aliphatic rings. The van der Waals surface area contributed by atoms with E-state index in [0.717, 1.165) is 5.69 Å². The van der Waals surface area contributed by atoms with Crippen LogP contribution in [0.3, 0.4) is 0 Å². The highest BCUT2D eigenvalue weighted by atomic mass is 19.1. The van der Waals surface area contributed by atoms with Gasteiger partial charge in [-0.1, -0.05) is 5.16 Å². The fourth-order valence-corrected chi connectivity index (χ4v) is 2.42. The molecule has 0 spiro atoms. The second-order valence-corrected chi connectivity index (χ2v) is 5.73. The molecule has 0 radical (unpaired) electrons. The maximum atomic E-state index is 13.1. The molecule has 26 heavy (non-hydrogen) atoms. The standard InChI is InChI=1S/C17H17FN4O4/c1-10-2-4-14(16(21-10)11-3-5-15(18)19-7-11)25-9-13-6-12(22-26-13)8-20-17(23)24/h2-5,7,13,20H,6,8-9H2,1H3,(H,23,24). The average Bonchev–Trinajstić information content (AvgIpc) is 3.07. The lowest BCUT2D eigenvalue weighted by molar-refractivity contribution is 0.0471. The molecule has 8 nitrogen and oxygen atoms in total. The van der Waals surface area contributed by atoms with Crippen LogP contribution in [-0.4, -0.2) is 46.1 Å². The summed E-state index contributed by atoms with van der Waals surface area (Å²) < 4.78 is 18.9. The summed E-state index contributed by atoms with van der Waals surface area (Å²) in [5, 5.41) is 14.7. The number of halogens is 1. The Hall–Kier alpha value is -3.23. The van der Waals surface area contributed by atoms with Crippen LogP contribution in [0.2, 0.25) is 0 Å². The molecular formula is C17H17FN4O4. The van der Waals surface area contributed by atoms with E-state index in [9.17, 15) is 9.18 Å². The second-order valence-electron chi connectivity index (χ2n) is 5.73. The SMILES string of the molecule is Cc1ccc(OCC2CC(CNC(=O)O)=NO2)c(-c2ccc(F)nc2)n1. The number of aromatic nitrogens is 2. The third kappa shape index (κ3) is 4.44. The van der Waals surface area contributed by atoms with E-state index in [2.05, 4.69) is 20.4 Å². The van der Waals surface area contributed by atoms with Crippen molar-refractivity contribution in [2.45, 2.75) is 19.4 Å². The first-order valence-electron chi connectivity index (χ1n) is 7.92. The zero-order chi connectivity index (χ0) is 18.5. The lowest BCUT2D eigenvalue weighted by Gasteiger charge is -2.14. The number of oxime groups is 1. The summed E-state index contributed by atoms with van der Waals surface area (Å²) in [6, 6.07) is 6.44. The number of pyridine rings is 2. The van der Waals surface area contributed by atoms with Crippen molar-refractivity contribution in [1.29, 1.82) is 0 Å². The molecular weight excluding hydrogens is 343 g/mol. The highest BCUT2D eigenvalue weighted by molar-refractivity contribution is 5.89. The van der Waals surface area contributed by atoms with Crippen molar-refractivity contribution in [2.24, 2.45) is 5.16 Å². The number of carbonyl (C=O) groups is 1. The van der Waals surface area contributed by atoms with Gasteiger partial charge in [0.25, 0.3) is 0 Å². The van der Waals surface area contributed by atoms with Crippen molar-refractivity contribution in [1.82, 2.24) is 15.3 Å². The zero-order valence-corrected chi connectivity index (χ0v) is 14.0. The molecule has 1 unspecified atom stereocenters. The van der Waals surface area contributed by atoms with Gasteiger partial charge in [0.15, 0.2) is 6.10 Å². The van der Waals surface area contributed by atoms with Crippen LogP contribution in [0.5, 0.6) is 5.75 Å². The van der Waals surface area contributed by atoms with Crippen LogP contribution >= 0.6 is 0 Å². The number of hydrogen-bond acceptors (Lipinski definition) is 6. The summed E-state index contributed by atoms with van der Waals surface area (Å²) in [6.45, 7) is 2.18. The molecule has 0 bridgehead atoms. The van der Waals surface area contributed by atoms with Gasteiger partial charge in [-0.25, -0.2) is 14.8 Å². The Morgan fingerprint density at radius 1 is 1.42 bits per heavy atom. The quantitative estimate of drug-likeness (QED) is 0.766. The third-order valence-electron chi connectivity index (χ3n) is 3.66. The number of nitrogens with zero attached hydrogens (tertiary/aromatic N) is 3. The largest absolute Gasteiger partial charge is 0.487 e. The lowest BCUT2D eigenvalue weighted by atomic mass is 10.1. The van der Waals surface area contributed by atoms with E-state index in [1.807, 2.05) is 13.0 Å². The van der Waals surface area contributed by atoms with Crippen molar-refractivity contribution in [3.8, 4) is 17.0 Å². The Morgan fingerprint density at radius 2 is 2.27 bits per heavy atom. The number of hydrogen-bond donors (Lipinski definition) is 2. The first kappa shape index (κ1) is 17.6. The smallest absolute Gasteiger partial charge is 0.404 e. The van der Waals surface area contributed by atoms with Gasteiger partial charge >= 0.3 is 6.09 Å². The van der Waals surface area contributed by atoms with Crippen molar-refractivity contribution in [3.63, 3.8) is 0 Å². The highest BCUT2D eigenvalue weighted by Crippen LogP contribution is 2.28. The van der Waals surface area contributed by atoms with E-state index in [0.29, 0.717) is 29.1 Å². The van der Waals surface area contributed by atoms with Crippen LogP contribution in [0, 0.1) is 12.9 Å². The molecule has 1 amide bonds. The summed E-state index contributed by atoms with van der Waals surface area (Å²) in [7, 11) is 0. The molecule has 1 atom stereocenters. The first-order valence-corrected chi connectivity index (χ1v) is 7.92. The van der Waals surface area contributed by atoms with Gasteiger partial charge in [0.1, 0.15) is 18.1 Å². The molecule has 0 saturated heterocycles. The fraction of sp³-hybridized carbons (Fsp3) is 0.294. The van der Waals surface area contributed by atoms with Crippen molar-refractivity contribution >= 4 is 11.8 Å². The van der Waals surface area contributed by atoms with Crippen LogP contribution in [0.15, 0.2) is 35.6 Å². The van der Waals surface area contributed by atoms with E-state index < -0.39 is 12.0 Å². The molecule has 1 aliphatic heterocycles. The van der Waals surface area contributed by atoms with Crippen LogP contribution in [0.4, 0.5) is 9.18 Å². The number of amides is 1. The first-order chi connectivity index (χ1) is 12.5. The molecule has 0 saturated carbocycles. The molecule has 3 heterocycles. The van der Waals surface area contributed by atoms with Crippen molar-refractivity contribution in [3.05, 3.63) is 42.1 Å². The molecule has 2 N–H and O–H groups in total. The third-order valence-corrected chi connectivity index (χ3v) is 3.66. The average molecular weight is 360 g/mol. The number of nitrogens with one attached hydrogen (secondary N) is 1. The summed E-state index contributed by atoms with van der Waals surface area (Å²) in [4.78, 5) is 23.9.